The van der Waals surface area contributed by atoms with Gasteiger partial charge in [-0.05, 0) is 109 Å². The third-order valence-electron chi connectivity index (χ3n) is 12.3. The Hall–Kier alpha value is -6.03. The number of rotatable bonds is 27. The first-order valence-corrected chi connectivity index (χ1v) is 28.3. The largest absolute Gasteiger partial charge is 0.451 e. The van der Waals surface area contributed by atoms with Gasteiger partial charge in [-0.3, -0.25) is 24.0 Å². The maximum Gasteiger partial charge on any atom is 0.347 e. The lowest BCUT2D eigenvalue weighted by atomic mass is 10.0. The summed E-state index contributed by atoms with van der Waals surface area (Å²) in [7, 11) is -7.23. The van der Waals surface area contributed by atoms with E-state index in [1.807, 2.05) is 11.6 Å². The van der Waals surface area contributed by atoms with Crippen molar-refractivity contribution in [2.24, 2.45) is 0 Å². The number of anilines is 1. The van der Waals surface area contributed by atoms with E-state index in [0.717, 1.165) is 26.9 Å². The van der Waals surface area contributed by atoms with E-state index in [1.54, 1.807) is 32.1 Å². The normalized spacial score (nSPS) is 16.8. The van der Waals surface area contributed by atoms with Crippen LogP contribution in [0.2, 0.25) is 0 Å². The number of aromatic amines is 1. The molecule has 26 heteroatoms. The molecule has 0 bridgehead atoms. The van der Waals surface area contributed by atoms with Crippen LogP contribution in [0.4, 0.5) is 5.69 Å². The number of aryl methyl sites for hydroxylation is 1. The van der Waals surface area contributed by atoms with Gasteiger partial charge in [0.05, 0.1) is 11.1 Å². The van der Waals surface area contributed by atoms with Gasteiger partial charge in [-0.15, -0.1) is 11.3 Å². The molecule has 3 amide bonds. The summed E-state index contributed by atoms with van der Waals surface area (Å²) in [6, 6.07) is 5.36. The number of nitrogens with zero attached hydrogens (tertiary/aromatic N) is 2. The van der Waals surface area contributed by atoms with Crippen molar-refractivity contribution < 1.29 is 74.1 Å². The van der Waals surface area contributed by atoms with Crippen molar-refractivity contribution in [3.05, 3.63) is 57.9 Å². The highest BCUT2D eigenvalue weighted by Gasteiger charge is 2.41. The first kappa shape index (κ1) is 59.8. The van der Waals surface area contributed by atoms with Gasteiger partial charge in [0.25, 0.3) is 37.8 Å². The Balaban J connectivity index is 1.05. The van der Waals surface area contributed by atoms with E-state index < -0.39 is 78.4 Å². The van der Waals surface area contributed by atoms with Gasteiger partial charge in [-0.2, -0.15) is 4.31 Å². The lowest BCUT2D eigenvalue weighted by molar-refractivity contribution is -0.179. The molecule has 0 saturated carbocycles. The Kier molecular flexibility index (Phi) is 21.3. The number of sulfonamides is 2. The number of hydrogen-bond acceptors (Lipinski definition) is 19. The minimum absolute atomic E-state index is 0.0531. The van der Waals surface area contributed by atoms with Crippen molar-refractivity contribution in [2.45, 2.75) is 120 Å². The summed E-state index contributed by atoms with van der Waals surface area (Å²) < 4.78 is 81.9. The third kappa shape index (κ3) is 15.3. The van der Waals surface area contributed by atoms with E-state index in [9.17, 15) is 50.4 Å². The number of amides is 3. The molecule has 0 fully saturated rings. The van der Waals surface area contributed by atoms with Crippen LogP contribution >= 0.6 is 11.3 Å². The number of esters is 4. The van der Waals surface area contributed by atoms with E-state index in [2.05, 4.69) is 39.7 Å². The fourth-order valence-corrected chi connectivity index (χ4v) is 13.1. The number of thiophene rings is 1. The molecule has 0 radical (unpaired) electrons. The zero-order valence-corrected chi connectivity index (χ0v) is 46.0. The number of carbonyl (C=O) groups is 7. The number of aromatic nitrogens is 1. The molecule has 4 atom stereocenters. The molecule has 0 saturated heterocycles. The number of H-pyrrole nitrogens is 1. The van der Waals surface area contributed by atoms with Crippen molar-refractivity contribution in [2.75, 3.05) is 64.8 Å². The Morgan fingerprint density at radius 3 is 2.23 bits per heavy atom. The van der Waals surface area contributed by atoms with E-state index in [0.29, 0.717) is 83.3 Å². The molecule has 412 valence electrons. The minimum atomic E-state index is -4.65. The zero-order chi connectivity index (χ0) is 55.4. The predicted octanol–water partition coefficient (Wildman–Crippen LogP) is 3.71. The molecule has 2 aliphatic rings. The van der Waals surface area contributed by atoms with E-state index >= 15 is 0 Å². The predicted molar refractivity (Wildman–Crippen MR) is 275 cm³/mol. The highest BCUT2D eigenvalue weighted by atomic mass is 32.3. The third-order valence-corrected chi connectivity index (χ3v) is 17.7. The monoisotopic (exact) mass is 1110 g/mol. The number of ether oxygens (including phenoxy) is 5. The van der Waals surface area contributed by atoms with Gasteiger partial charge in [-0.25, -0.2) is 31.1 Å². The molecule has 5 N–H and O–H groups in total. The van der Waals surface area contributed by atoms with Gasteiger partial charge in [-0.1, -0.05) is 20.8 Å². The fraction of sp³-hybridized carbons (Fsp3) is 0.531. The van der Waals surface area contributed by atoms with Crippen molar-refractivity contribution >= 4 is 90.3 Å². The number of fused-ring (bicyclic) bond motifs is 2. The second-order valence-corrected chi connectivity index (χ2v) is 22.8. The van der Waals surface area contributed by atoms with Gasteiger partial charge in [0.1, 0.15) is 14.2 Å². The summed E-state index contributed by atoms with van der Waals surface area (Å²) in [6.07, 6.45) is -2.66. The lowest BCUT2D eigenvalue weighted by Gasteiger charge is -2.32. The molecule has 3 aromatic rings. The topological polar surface area (TPSA) is 304 Å². The number of hydrogen-bond donors (Lipinski definition) is 5. The standard InChI is InChI=1S/C49H67N7O16S3/c1-10-50-39-27-56(21-15-23-68-9)75(66,67)49-36(39)26-42(73-49)74(64,65)54-44(59)30(6)70-48(63)32(8)71-47(62)31(7)69-40(57)16-13-14-17-41(58)72-33-18-19-37-34(24-33)35(45(60)53-37)25-38-28(4)43(29(5)52-38)46(61)51-20-22-55(11-2)12-3/h18-19,24-26,30-32,39,50,52H,10-17,20-23,27H2,1-9H3,(H,51,61)(H,53,60)(H,54,59)/b35-25-/t30-,31-,32?,39-/m0/s1. The van der Waals surface area contributed by atoms with Crippen LogP contribution in [-0.4, -0.2) is 150 Å². The number of carbonyl (C=O) groups excluding carboxylic acids is 7. The number of methoxy groups -OCH3 is 1. The average molecular weight is 1110 g/mol. The number of unbranched alkanes of at least 4 members (excludes halogenated alkanes) is 1. The maximum atomic E-state index is 13.5. The van der Waals surface area contributed by atoms with Crippen LogP contribution in [-0.2, 0) is 67.8 Å². The molecule has 4 heterocycles. The zero-order valence-electron chi connectivity index (χ0n) is 43.5. The summed E-state index contributed by atoms with van der Waals surface area (Å²) in [5.74, 6) is -5.45. The average Bonchev–Trinajstić information content (AvgIpc) is 4.03. The van der Waals surface area contributed by atoms with Crippen LogP contribution in [0.3, 0.4) is 0 Å². The van der Waals surface area contributed by atoms with Crippen LogP contribution in [0.15, 0.2) is 32.7 Å². The quantitative estimate of drug-likeness (QED) is 0.0239. The summed E-state index contributed by atoms with van der Waals surface area (Å²) in [5, 5.41) is 8.93. The molecule has 0 spiro atoms. The molecule has 5 rings (SSSR count). The van der Waals surface area contributed by atoms with Crippen LogP contribution in [0.25, 0.3) is 11.6 Å². The highest BCUT2D eigenvalue weighted by Crippen LogP contribution is 2.41. The lowest BCUT2D eigenvalue weighted by Crippen LogP contribution is -2.43. The second kappa shape index (κ2) is 26.6. The molecule has 2 aliphatic heterocycles. The van der Waals surface area contributed by atoms with Gasteiger partial charge in [0.15, 0.2) is 18.3 Å². The van der Waals surface area contributed by atoms with Gasteiger partial charge in [0, 0.05) is 87.0 Å². The van der Waals surface area contributed by atoms with Crippen LogP contribution < -0.4 is 25.4 Å². The second-order valence-electron chi connectivity index (χ2n) is 17.7. The Bertz CT molecular complexity index is 2880. The smallest absolute Gasteiger partial charge is 0.347 e. The summed E-state index contributed by atoms with van der Waals surface area (Å²) in [6.45, 7) is 16.8. The minimum Gasteiger partial charge on any atom is -0.451 e. The van der Waals surface area contributed by atoms with Crippen LogP contribution in [0, 0.1) is 13.8 Å². The van der Waals surface area contributed by atoms with Crippen LogP contribution in [0.1, 0.15) is 118 Å². The number of benzene rings is 1. The van der Waals surface area contributed by atoms with Gasteiger partial charge < -0.3 is 49.5 Å². The molecule has 2 aromatic heterocycles. The van der Waals surface area contributed by atoms with Gasteiger partial charge in [0.2, 0.25) is 0 Å². The van der Waals surface area contributed by atoms with Crippen molar-refractivity contribution in [1.82, 2.24) is 29.5 Å². The van der Waals surface area contributed by atoms with Crippen molar-refractivity contribution in [1.29, 1.82) is 0 Å². The molecule has 23 nitrogen and oxygen atoms in total. The first-order chi connectivity index (χ1) is 35.4. The first-order valence-electron chi connectivity index (χ1n) is 24.6. The summed E-state index contributed by atoms with van der Waals surface area (Å²) >= 11 is 0.478. The SMILES string of the molecule is CCN[C@H]1CN(CCCOC)S(=O)(=O)c2sc(S(=O)(=O)NC(=O)[C@H](C)OC(=O)C(C)OC(=O)[C@H](C)OC(=O)CCCCC(=O)Oc3ccc4c(c3)/C(=C/c3[nH]c(C)c(C(=O)NCCN(CC)CC)c3C)C(=O)N4)cc21. The van der Waals surface area contributed by atoms with Crippen molar-refractivity contribution in [3.8, 4) is 5.75 Å². The summed E-state index contributed by atoms with van der Waals surface area (Å²) in [4.78, 5) is 95.5. The molecule has 1 unspecified atom stereocenters. The number of nitrogens with one attached hydrogen (secondary N) is 5. The Morgan fingerprint density at radius 1 is 0.920 bits per heavy atom. The van der Waals surface area contributed by atoms with E-state index in [1.165, 1.54) is 30.5 Å². The fourth-order valence-electron chi connectivity index (χ4n) is 8.14. The molecular weight excluding hydrogens is 1040 g/mol. The van der Waals surface area contributed by atoms with Crippen molar-refractivity contribution in [3.63, 3.8) is 0 Å². The van der Waals surface area contributed by atoms with Crippen LogP contribution in [0.5, 0.6) is 5.75 Å². The maximum absolute atomic E-state index is 13.5. The molecule has 0 aliphatic carbocycles. The van der Waals surface area contributed by atoms with E-state index in [-0.39, 0.29) is 66.1 Å². The number of likely N-dealkylation sites (N-methyl/N-ethyl adjacent to an activating group) is 2. The molecule has 75 heavy (non-hydrogen) atoms. The van der Waals surface area contributed by atoms with Gasteiger partial charge >= 0.3 is 23.9 Å². The summed E-state index contributed by atoms with van der Waals surface area (Å²) in [5.41, 5.74) is 3.93. The Labute approximate surface area is 440 Å². The Morgan fingerprint density at radius 2 is 1.57 bits per heavy atom. The van der Waals surface area contributed by atoms with E-state index in [4.69, 9.17) is 23.7 Å². The molecule has 1 aromatic carbocycles. The highest BCUT2D eigenvalue weighted by molar-refractivity contribution is 7.94. The molecular formula is C49H67N7O16S3.